The minimum Gasteiger partial charge on any atom is -0.350 e. The normalized spacial score (nSPS) is 11.2. The first kappa shape index (κ1) is 17.5. The van der Waals surface area contributed by atoms with E-state index in [9.17, 15) is 14.9 Å². The van der Waals surface area contributed by atoms with Gasteiger partial charge in [-0.25, -0.2) is 0 Å². The number of hydrogen-bond donors (Lipinski definition) is 2. The van der Waals surface area contributed by atoms with E-state index in [1.54, 1.807) is 6.07 Å². The average Bonchev–Trinajstić information content (AvgIpc) is 2.51. The van der Waals surface area contributed by atoms with Gasteiger partial charge in [0.05, 0.1) is 4.92 Å². The number of carbonyl (C=O) groups is 1. The molecule has 0 spiro atoms. The second kappa shape index (κ2) is 7.42. The van der Waals surface area contributed by atoms with Gasteiger partial charge in [-0.1, -0.05) is 13.8 Å². The number of nitrogens with two attached hydrogens (primary N) is 1. The van der Waals surface area contributed by atoms with Crippen LogP contribution in [0.25, 0.3) is 0 Å². The minimum absolute atomic E-state index is 0.0707. The zero-order valence-electron chi connectivity index (χ0n) is 12.5. The number of benzene rings is 1. The Morgan fingerprint density at radius 1 is 1.43 bits per heavy atom. The van der Waals surface area contributed by atoms with E-state index in [0.717, 1.165) is 17.7 Å². The van der Waals surface area contributed by atoms with Gasteiger partial charge < -0.3 is 11.1 Å². The van der Waals surface area contributed by atoms with Crippen molar-refractivity contribution in [2.75, 3.05) is 12.8 Å². The summed E-state index contributed by atoms with van der Waals surface area (Å²) >= 11 is 1.43. The van der Waals surface area contributed by atoms with Gasteiger partial charge in [0.2, 0.25) is 0 Å². The van der Waals surface area contributed by atoms with Crippen LogP contribution < -0.4 is 11.1 Å². The zero-order chi connectivity index (χ0) is 16.0. The van der Waals surface area contributed by atoms with Crippen molar-refractivity contribution < 1.29 is 9.72 Å². The fourth-order valence-corrected chi connectivity index (χ4v) is 2.27. The van der Waals surface area contributed by atoms with E-state index in [-0.39, 0.29) is 11.3 Å². The van der Waals surface area contributed by atoms with Crippen LogP contribution in [0.3, 0.4) is 0 Å². The molecule has 0 aromatic heterocycles. The third kappa shape index (κ3) is 4.44. The van der Waals surface area contributed by atoms with Gasteiger partial charge in [-0.3, -0.25) is 14.9 Å². The Hall–Kier alpha value is -1.60. The summed E-state index contributed by atoms with van der Waals surface area (Å²) in [6.45, 7) is 4.19. The predicted octanol–water partition coefficient (Wildman–Crippen LogP) is 2.56. The summed E-state index contributed by atoms with van der Waals surface area (Å²) in [6, 6.07) is 4.52. The average molecular weight is 311 g/mol. The van der Waals surface area contributed by atoms with Gasteiger partial charge in [0.1, 0.15) is 5.56 Å². The Labute approximate surface area is 128 Å². The third-order valence-corrected chi connectivity index (χ3v) is 4.38. The molecule has 0 atom stereocenters. The van der Waals surface area contributed by atoms with Crippen molar-refractivity contribution in [1.29, 1.82) is 0 Å². The van der Waals surface area contributed by atoms with Gasteiger partial charge in [0.15, 0.2) is 0 Å². The van der Waals surface area contributed by atoms with Crippen molar-refractivity contribution in [1.82, 2.24) is 5.32 Å². The van der Waals surface area contributed by atoms with Gasteiger partial charge in [-0.2, -0.15) is 0 Å². The number of nitro groups is 1. The van der Waals surface area contributed by atoms with Gasteiger partial charge >= 0.3 is 0 Å². The number of nitrogens with zero attached hydrogens (tertiary/aromatic N) is 1. The SMILES string of the molecule is CCC(N)(CC)CNC(=O)c1cc(SC)ccc1[N+](=O)[O-]. The summed E-state index contributed by atoms with van der Waals surface area (Å²) in [5, 5.41) is 13.7. The predicted molar refractivity (Wildman–Crippen MR) is 84.7 cm³/mol. The molecule has 0 aliphatic carbocycles. The Bertz CT molecular complexity index is 530. The Balaban J connectivity index is 2.98. The molecule has 0 aliphatic rings. The van der Waals surface area contributed by atoms with Gasteiger partial charge in [-0.05, 0) is 31.2 Å². The third-order valence-electron chi connectivity index (χ3n) is 3.65. The molecule has 1 aromatic carbocycles. The fraction of sp³-hybridized carbons (Fsp3) is 0.500. The van der Waals surface area contributed by atoms with E-state index in [0.29, 0.717) is 6.54 Å². The number of nitrogens with one attached hydrogen (secondary N) is 1. The van der Waals surface area contributed by atoms with Gasteiger partial charge in [0, 0.05) is 23.0 Å². The lowest BCUT2D eigenvalue weighted by Gasteiger charge is -2.26. The Morgan fingerprint density at radius 3 is 2.52 bits per heavy atom. The molecule has 0 unspecified atom stereocenters. The lowest BCUT2D eigenvalue weighted by atomic mass is 9.94. The van der Waals surface area contributed by atoms with Crippen LogP contribution in [0.1, 0.15) is 37.0 Å². The van der Waals surface area contributed by atoms with E-state index in [4.69, 9.17) is 5.73 Å². The largest absolute Gasteiger partial charge is 0.350 e. The van der Waals surface area contributed by atoms with Crippen LogP contribution in [0.4, 0.5) is 5.69 Å². The molecule has 0 radical (unpaired) electrons. The molecular formula is C14H21N3O3S. The van der Waals surface area contributed by atoms with Crippen molar-refractivity contribution in [3.8, 4) is 0 Å². The first-order valence-corrected chi connectivity index (χ1v) is 7.99. The summed E-state index contributed by atoms with van der Waals surface area (Å²) in [6.07, 6.45) is 3.29. The number of amides is 1. The lowest BCUT2D eigenvalue weighted by Crippen LogP contribution is -2.49. The molecule has 3 N–H and O–H groups in total. The maximum atomic E-state index is 12.2. The molecule has 7 heteroatoms. The maximum absolute atomic E-state index is 12.2. The van der Waals surface area contributed by atoms with Crippen LogP contribution in [-0.4, -0.2) is 29.2 Å². The monoisotopic (exact) mass is 311 g/mol. The molecule has 1 aromatic rings. The fourth-order valence-electron chi connectivity index (χ4n) is 1.83. The van der Waals surface area contributed by atoms with Crippen LogP contribution >= 0.6 is 11.8 Å². The highest BCUT2D eigenvalue weighted by Gasteiger charge is 2.24. The standard InChI is InChI=1S/C14H21N3O3S/c1-4-14(15,5-2)9-16-13(18)11-8-10(21-3)6-7-12(11)17(19)20/h6-8H,4-5,9,15H2,1-3H3,(H,16,18). The zero-order valence-corrected chi connectivity index (χ0v) is 13.3. The van der Waals surface area contributed by atoms with Crippen molar-refractivity contribution in [3.63, 3.8) is 0 Å². The molecule has 116 valence electrons. The topological polar surface area (TPSA) is 98.3 Å². The molecule has 1 amide bonds. The molecule has 0 saturated heterocycles. The van der Waals surface area contributed by atoms with Crippen molar-refractivity contribution in [3.05, 3.63) is 33.9 Å². The molecule has 6 nitrogen and oxygen atoms in total. The van der Waals surface area contributed by atoms with Crippen LogP contribution in [0.15, 0.2) is 23.1 Å². The highest BCUT2D eigenvalue weighted by molar-refractivity contribution is 7.98. The van der Waals surface area contributed by atoms with Crippen LogP contribution in [-0.2, 0) is 0 Å². The molecule has 1 rings (SSSR count). The number of nitro benzene ring substituents is 1. The van der Waals surface area contributed by atoms with E-state index >= 15 is 0 Å². The summed E-state index contributed by atoms with van der Waals surface area (Å²) in [5.74, 6) is -0.464. The Morgan fingerprint density at radius 2 is 2.05 bits per heavy atom. The first-order chi connectivity index (χ1) is 9.86. The number of hydrogen-bond acceptors (Lipinski definition) is 5. The van der Waals surface area contributed by atoms with E-state index in [1.807, 2.05) is 20.1 Å². The second-order valence-electron chi connectivity index (χ2n) is 4.89. The Kier molecular flexibility index (Phi) is 6.17. The first-order valence-electron chi connectivity index (χ1n) is 6.76. The van der Waals surface area contributed by atoms with E-state index in [2.05, 4.69) is 5.32 Å². The quantitative estimate of drug-likeness (QED) is 0.458. The summed E-state index contributed by atoms with van der Waals surface area (Å²) < 4.78 is 0. The van der Waals surface area contributed by atoms with E-state index in [1.165, 1.54) is 23.9 Å². The molecular weight excluding hydrogens is 290 g/mol. The van der Waals surface area contributed by atoms with Gasteiger partial charge in [-0.15, -0.1) is 11.8 Å². The minimum atomic E-state index is -0.547. The highest BCUT2D eigenvalue weighted by atomic mass is 32.2. The lowest BCUT2D eigenvalue weighted by molar-refractivity contribution is -0.385. The second-order valence-corrected chi connectivity index (χ2v) is 5.77. The molecule has 0 bridgehead atoms. The molecule has 0 saturated carbocycles. The summed E-state index contributed by atoms with van der Waals surface area (Å²) in [5.41, 5.74) is 5.52. The number of rotatable bonds is 7. The summed E-state index contributed by atoms with van der Waals surface area (Å²) in [4.78, 5) is 23.5. The van der Waals surface area contributed by atoms with Gasteiger partial charge in [0.25, 0.3) is 11.6 Å². The highest BCUT2D eigenvalue weighted by Crippen LogP contribution is 2.24. The van der Waals surface area contributed by atoms with Crippen molar-refractivity contribution >= 4 is 23.4 Å². The number of carbonyl (C=O) groups excluding carboxylic acids is 1. The maximum Gasteiger partial charge on any atom is 0.282 e. The smallest absolute Gasteiger partial charge is 0.282 e. The summed E-state index contributed by atoms with van der Waals surface area (Å²) in [7, 11) is 0. The van der Waals surface area contributed by atoms with Crippen LogP contribution in [0, 0.1) is 10.1 Å². The molecule has 0 aliphatic heterocycles. The molecule has 0 fully saturated rings. The van der Waals surface area contributed by atoms with Crippen molar-refractivity contribution in [2.45, 2.75) is 37.1 Å². The van der Waals surface area contributed by atoms with Crippen LogP contribution in [0.2, 0.25) is 0 Å². The van der Waals surface area contributed by atoms with Crippen molar-refractivity contribution in [2.24, 2.45) is 5.73 Å². The number of thioether (sulfide) groups is 1. The molecule has 21 heavy (non-hydrogen) atoms. The van der Waals surface area contributed by atoms with Crippen LogP contribution in [0.5, 0.6) is 0 Å². The van der Waals surface area contributed by atoms with E-state index < -0.39 is 16.4 Å². The molecule has 0 heterocycles.